The molecule has 0 aliphatic heterocycles. The van der Waals surface area contributed by atoms with E-state index in [-0.39, 0.29) is 32.3 Å². The van der Waals surface area contributed by atoms with Crippen LogP contribution in [0.15, 0.2) is 80.7 Å². The van der Waals surface area contributed by atoms with Crippen molar-refractivity contribution in [3.8, 4) is 0 Å². The van der Waals surface area contributed by atoms with E-state index in [4.69, 9.17) is 0 Å². The van der Waals surface area contributed by atoms with Crippen LogP contribution < -0.4 is 24.8 Å². The van der Waals surface area contributed by atoms with E-state index in [1.807, 2.05) is 3.33 Å². The summed E-state index contributed by atoms with van der Waals surface area (Å²) in [4.78, 5) is 0. The summed E-state index contributed by atoms with van der Waals surface area (Å²) >= 11 is -0.963. The van der Waals surface area contributed by atoms with Gasteiger partial charge in [0.15, 0.2) is 0 Å². The van der Waals surface area contributed by atoms with Gasteiger partial charge in [-0.2, -0.15) is 0 Å². The summed E-state index contributed by atoms with van der Waals surface area (Å²) in [6.07, 6.45) is 6.19. The molecule has 1 aromatic heterocycles. The summed E-state index contributed by atoms with van der Waals surface area (Å²) in [5.74, 6) is 5.08. The predicted octanol–water partition coefficient (Wildman–Crippen LogP) is 1.59. The number of hydrogen-bond acceptors (Lipinski definition) is 0. The molecule has 0 fully saturated rings. The maximum absolute atomic E-state index is 2.54. The van der Waals surface area contributed by atoms with Crippen LogP contribution in [-0.4, -0.2) is 0 Å². The number of allylic oxidation sites excluding steroid dienone is 5. The monoisotopic (exact) mass is 590 g/mol. The summed E-state index contributed by atoms with van der Waals surface area (Å²) in [6.45, 7) is 4.63. The fraction of sp³-hybridized carbons (Fsp3) is 0.167. The molecule has 1 atom stereocenters. The first-order valence-corrected chi connectivity index (χ1v) is 14.6. The minimum absolute atomic E-state index is 0. The molecule has 0 bridgehead atoms. The second kappa shape index (κ2) is 8.88. The molecule has 0 radical (unpaired) electrons. The Bertz CT molecular complexity index is 1090. The Balaban J connectivity index is 0.00000112. The number of halogens is 2. The average molecular weight is 590 g/mol. The summed E-state index contributed by atoms with van der Waals surface area (Å²) in [6, 6.07) is 18.0. The summed E-state index contributed by atoms with van der Waals surface area (Å²) in [5, 5.41) is 4.57. The van der Waals surface area contributed by atoms with Gasteiger partial charge in [0, 0.05) is 0 Å². The molecule has 0 saturated heterocycles. The second-order valence-corrected chi connectivity index (χ2v) is 14.4. The van der Waals surface area contributed by atoms with E-state index < -0.39 is 22.9 Å². The molecule has 28 heavy (non-hydrogen) atoms. The zero-order valence-corrected chi connectivity index (χ0v) is 21.9. The topological polar surface area (TPSA) is 0 Å². The molecule has 3 aromatic rings. The third-order valence-electron chi connectivity index (χ3n) is 5.73. The maximum Gasteiger partial charge on any atom is -1.00 e. The Morgan fingerprint density at radius 3 is 2.18 bits per heavy atom. The second-order valence-electron chi connectivity index (χ2n) is 7.26. The van der Waals surface area contributed by atoms with E-state index in [0.717, 1.165) is 3.67 Å². The van der Waals surface area contributed by atoms with Gasteiger partial charge in [0.05, 0.1) is 0 Å². The summed E-state index contributed by atoms with van der Waals surface area (Å²) in [7, 11) is -0.284. The molecule has 0 nitrogen and oxygen atoms in total. The van der Waals surface area contributed by atoms with Crippen molar-refractivity contribution < 1.29 is 47.7 Å². The average Bonchev–Trinajstić information content (AvgIpc) is 3.33. The van der Waals surface area contributed by atoms with Crippen molar-refractivity contribution in [2.75, 3.05) is 0 Å². The molecule has 0 spiro atoms. The first-order chi connectivity index (χ1) is 12.7. The molecule has 0 N–H and O–H groups in total. The fourth-order valence-corrected chi connectivity index (χ4v) is 14.2. The Hall–Kier alpha value is -0.850. The number of fused-ring (bicyclic) bond motifs is 2. The molecular weight excluding hydrogens is 569 g/mol. The quantitative estimate of drug-likeness (QED) is 0.408. The van der Waals surface area contributed by atoms with Crippen LogP contribution in [0.2, 0.25) is 0 Å². The van der Waals surface area contributed by atoms with Crippen LogP contribution >= 0.6 is 7.53 Å². The van der Waals surface area contributed by atoms with Gasteiger partial charge in [-0.3, -0.25) is 0 Å². The van der Waals surface area contributed by atoms with Gasteiger partial charge in [-0.25, -0.2) is 0 Å². The Morgan fingerprint density at radius 2 is 1.54 bits per heavy atom. The molecule has 2 aliphatic carbocycles. The minimum Gasteiger partial charge on any atom is -1.00 e. The van der Waals surface area contributed by atoms with Crippen molar-refractivity contribution in [2.24, 2.45) is 0 Å². The third-order valence-corrected chi connectivity index (χ3v) is 15.3. The van der Waals surface area contributed by atoms with Gasteiger partial charge in [-0.05, 0) is 0 Å². The molecule has 1 heterocycles. The maximum atomic E-state index is 2.54. The van der Waals surface area contributed by atoms with Gasteiger partial charge < -0.3 is 24.8 Å². The zero-order valence-electron chi connectivity index (χ0n) is 15.9. The molecular formula is C24H21Cl2HfP. The van der Waals surface area contributed by atoms with Crippen LogP contribution in [0.3, 0.4) is 0 Å². The van der Waals surface area contributed by atoms with E-state index in [1.165, 1.54) is 28.3 Å². The summed E-state index contributed by atoms with van der Waals surface area (Å²) < 4.78 is 2.55. The Labute approximate surface area is 192 Å². The first kappa shape index (κ1) is 21.8. The Kier molecular flexibility index (Phi) is 6.93. The molecule has 4 heteroatoms. The van der Waals surface area contributed by atoms with Crippen molar-refractivity contribution >= 4 is 29.7 Å². The van der Waals surface area contributed by atoms with E-state index >= 15 is 0 Å². The van der Waals surface area contributed by atoms with Gasteiger partial charge in [0.25, 0.3) is 0 Å². The molecule has 0 amide bonds. The normalized spacial score (nSPS) is 17.4. The van der Waals surface area contributed by atoms with Crippen LogP contribution in [-0.2, 0) is 22.9 Å². The summed E-state index contributed by atoms with van der Waals surface area (Å²) in [5.41, 5.74) is 6.20. The van der Waals surface area contributed by atoms with Crippen LogP contribution in [0.5, 0.6) is 0 Å². The van der Waals surface area contributed by atoms with Gasteiger partial charge >= 0.3 is 168 Å². The molecule has 2 aliphatic rings. The first-order valence-electron chi connectivity index (χ1n) is 9.22. The SMILES string of the molecule is CC1=CC[C]([Hf+2][CH]2C(p3cc4ccccc4c3)=Cc3ccccc32)=C1C.[Cl-].[Cl-]. The van der Waals surface area contributed by atoms with Crippen molar-refractivity contribution in [1.82, 2.24) is 0 Å². The van der Waals surface area contributed by atoms with E-state index in [0.29, 0.717) is 0 Å². The van der Waals surface area contributed by atoms with Crippen LogP contribution in [0, 0.1) is 0 Å². The van der Waals surface area contributed by atoms with Crippen LogP contribution in [0.25, 0.3) is 22.2 Å². The van der Waals surface area contributed by atoms with Gasteiger partial charge in [0.2, 0.25) is 0 Å². The molecule has 5 rings (SSSR count). The Morgan fingerprint density at radius 1 is 0.893 bits per heavy atom. The van der Waals surface area contributed by atoms with E-state index in [9.17, 15) is 0 Å². The largest absolute Gasteiger partial charge is 1.00 e. The van der Waals surface area contributed by atoms with Crippen LogP contribution in [0.4, 0.5) is 0 Å². The number of hydrogen-bond donors (Lipinski definition) is 0. The zero-order chi connectivity index (χ0) is 17.7. The number of benzene rings is 2. The van der Waals surface area contributed by atoms with Gasteiger partial charge in [-0.1, -0.05) is 0 Å². The van der Waals surface area contributed by atoms with E-state index in [1.54, 1.807) is 16.5 Å². The standard InChI is InChI=1S/C17H12P.C7H9.2ClH.Hf/c1-2-6-14-10-17(9-13(14)5-1)18-11-15-7-3-4-8-16(15)12-18;1-6-4-3-5-7(6)2;;;/h1-12H;4H,3H2,1-2H3;2*1H;/q;;;;+2/p-2. The third kappa shape index (κ3) is 3.80. The van der Waals surface area contributed by atoms with E-state index in [2.05, 4.69) is 86.1 Å². The smallest absolute Gasteiger partial charge is 1.00 e. The minimum atomic E-state index is -0.963. The van der Waals surface area contributed by atoms with Crippen molar-refractivity contribution in [3.63, 3.8) is 0 Å². The van der Waals surface area contributed by atoms with Crippen molar-refractivity contribution in [3.05, 3.63) is 91.8 Å². The molecule has 140 valence electrons. The molecule has 0 saturated carbocycles. The predicted molar refractivity (Wildman–Crippen MR) is 111 cm³/mol. The fourth-order valence-electron chi connectivity index (χ4n) is 4.06. The number of rotatable bonds is 3. The molecule has 1 unspecified atom stereocenters. The van der Waals surface area contributed by atoms with Crippen LogP contribution in [0.1, 0.15) is 35.1 Å². The molecule has 2 aromatic carbocycles. The van der Waals surface area contributed by atoms with Gasteiger partial charge in [0.1, 0.15) is 0 Å². The van der Waals surface area contributed by atoms with Gasteiger partial charge in [-0.15, -0.1) is 0 Å². The van der Waals surface area contributed by atoms with Crippen molar-refractivity contribution in [2.45, 2.75) is 23.9 Å². The van der Waals surface area contributed by atoms with Crippen molar-refractivity contribution in [1.29, 1.82) is 0 Å².